The molecule has 1 N–H and O–H groups in total. The summed E-state index contributed by atoms with van der Waals surface area (Å²) in [5, 5.41) is 7.08. The third-order valence-corrected chi connectivity index (χ3v) is 4.93. The Bertz CT molecular complexity index is 923. The summed E-state index contributed by atoms with van der Waals surface area (Å²) in [5.74, 6) is -1.80. The summed E-state index contributed by atoms with van der Waals surface area (Å²) in [6.07, 6.45) is 0.108. The molecule has 2 aromatic rings. The third kappa shape index (κ3) is 4.42. The molecule has 0 radical (unpaired) electrons. The Morgan fingerprint density at radius 2 is 2.03 bits per heavy atom. The van der Waals surface area contributed by atoms with Crippen LogP contribution in [0.2, 0.25) is 5.02 Å². The first-order valence-corrected chi connectivity index (χ1v) is 9.72. The van der Waals surface area contributed by atoms with E-state index in [9.17, 15) is 14.4 Å². The van der Waals surface area contributed by atoms with Crippen LogP contribution in [-0.4, -0.2) is 47.0 Å². The topological polar surface area (TPSA) is 102 Å². The summed E-state index contributed by atoms with van der Waals surface area (Å²) < 4.78 is 10.4. The number of ether oxygens (including phenoxy) is 1. The lowest BCUT2D eigenvalue weighted by molar-refractivity contribution is -0.129. The van der Waals surface area contributed by atoms with Crippen LogP contribution in [-0.2, 0) is 14.3 Å². The second kappa shape index (κ2) is 8.65. The molecule has 154 valence electrons. The summed E-state index contributed by atoms with van der Waals surface area (Å²) in [5.41, 5.74) is 0.845. The fourth-order valence-corrected chi connectivity index (χ4v) is 3.32. The molecule has 9 heteroatoms. The van der Waals surface area contributed by atoms with Crippen LogP contribution < -0.4 is 5.32 Å². The van der Waals surface area contributed by atoms with E-state index in [4.69, 9.17) is 20.9 Å². The number of carbonyl (C=O) groups is 3. The van der Waals surface area contributed by atoms with E-state index < -0.39 is 17.8 Å². The molecule has 2 heterocycles. The van der Waals surface area contributed by atoms with Gasteiger partial charge in [0.15, 0.2) is 5.56 Å². The monoisotopic (exact) mass is 419 g/mol. The first-order valence-electron chi connectivity index (χ1n) is 9.34. The van der Waals surface area contributed by atoms with Crippen molar-refractivity contribution in [2.45, 2.75) is 33.2 Å². The number of nitrogens with zero attached hydrogens (tertiary/aromatic N) is 2. The minimum Gasteiger partial charge on any atom is -0.462 e. The van der Waals surface area contributed by atoms with Crippen LogP contribution in [0.25, 0.3) is 11.3 Å². The van der Waals surface area contributed by atoms with Gasteiger partial charge < -0.3 is 14.2 Å². The van der Waals surface area contributed by atoms with Gasteiger partial charge in [-0.15, -0.1) is 0 Å². The first kappa shape index (κ1) is 20.9. The zero-order chi connectivity index (χ0) is 21.1. The number of aromatic nitrogens is 1. The number of nitrogens with one attached hydrogen (secondary N) is 1. The van der Waals surface area contributed by atoms with Gasteiger partial charge in [-0.3, -0.25) is 14.9 Å². The highest BCUT2D eigenvalue weighted by atomic mass is 35.5. The van der Waals surface area contributed by atoms with Crippen molar-refractivity contribution in [2.75, 3.05) is 18.5 Å². The SMILES string of the molecule is CCOC(=O)c1c(-c2ccc(Cl)cc2)noc1NC(=O)C1CC(=O)N(C(C)C)C1. The number of esters is 1. The van der Waals surface area contributed by atoms with E-state index >= 15 is 0 Å². The minimum atomic E-state index is -0.666. The number of amides is 2. The molecule has 1 saturated heterocycles. The molecule has 0 spiro atoms. The van der Waals surface area contributed by atoms with Crippen LogP contribution in [0.4, 0.5) is 5.88 Å². The molecular weight excluding hydrogens is 398 g/mol. The van der Waals surface area contributed by atoms with Crippen molar-refractivity contribution in [3.63, 3.8) is 0 Å². The van der Waals surface area contributed by atoms with Gasteiger partial charge in [-0.05, 0) is 32.9 Å². The van der Waals surface area contributed by atoms with E-state index in [1.165, 1.54) is 0 Å². The number of anilines is 1. The number of hydrogen-bond donors (Lipinski definition) is 1. The zero-order valence-electron chi connectivity index (χ0n) is 16.4. The largest absolute Gasteiger partial charge is 0.462 e. The van der Waals surface area contributed by atoms with Crippen LogP contribution in [0.3, 0.4) is 0 Å². The number of benzene rings is 1. The summed E-state index contributed by atoms with van der Waals surface area (Å²) in [6.45, 7) is 5.93. The van der Waals surface area contributed by atoms with Gasteiger partial charge in [0.1, 0.15) is 5.69 Å². The molecule has 1 aromatic carbocycles. The molecule has 0 bridgehead atoms. The van der Waals surface area contributed by atoms with Gasteiger partial charge in [0, 0.05) is 29.6 Å². The number of likely N-dealkylation sites (tertiary alicyclic amines) is 1. The van der Waals surface area contributed by atoms with Crippen molar-refractivity contribution < 1.29 is 23.6 Å². The van der Waals surface area contributed by atoms with Crippen molar-refractivity contribution >= 4 is 35.3 Å². The maximum atomic E-state index is 12.7. The van der Waals surface area contributed by atoms with Crippen molar-refractivity contribution in [2.24, 2.45) is 5.92 Å². The summed E-state index contributed by atoms with van der Waals surface area (Å²) >= 11 is 5.92. The Hall–Kier alpha value is -2.87. The van der Waals surface area contributed by atoms with Crippen molar-refractivity contribution in [1.29, 1.82) is 0 Å². The zero-order valence-corrected chi connectivity index (χ0v) is 17.2. The van der Waals surface area contributed by atoms with Gasteiger partial charge in [-0.25, -0.2) is 4.79 Å². The number of hydrogen-bond acceptors (Lipinski definition) is 6. The van der Waals surface area contributed by atoms with E-state index in [0.717, 1.165) is 0 Å². The van der Waals surface area contributed by atoms with Crippen LogP contribution in [0.5, 0.6) is 0 Å². The average molecular weight is 420 g/mol. The molecule has 1 aliphatic rings. The normalized spacial score (nSPS) is 16.4. The van der Waals surface area contributed by atoms with Crippen LogP contribution >= 0.6 is 11.6 Å². The van der Waals surface area contributed by atoms with Gasteiger partial charge >= 0.3 is 5.97 Å². The summed E-state index contributed by atoms with van der Waals surface area (Å²) in [6, 6.07) is 6.69. The van der Waals surface area contributed by atoms with E-state index in [-0.39, 0.29) is 42.1 Å². The fraction of sp³-hybridized carbons (Fsp3) is 0.400. The molecule has 0 saturated carbocycles. The second-order valence-electron chi connectivity index (χ2n) is 6.99. The van der Waals surface area contributed by atoms with Gasteiger partial charge in [-0.2, -0.15) is 0 Å². The molecule has 1 aromatic heterocycles. The fourth-order valence-electron chi connectivity index (χ4n) is 3.19. The molecule has 0 aliphatic carbocycles. The van der Waals surface area contributed by atoms with Gasteiger partial charge in [0.2, 0.25) is 17.7 Å². The molecule has 1 fully saturated rings. The molecule has 1 aliphatic heterocycles. The van der Waals surface area contributed by atoms with Crippen molar-refractivity contribution in [3.05, 3.63) is 34.9 Å². The highest BCUT2D eigenvalue weighted by Gasteiger charge is 2.37. The van der Waals surface area contributed by atoms with Crippen LogP contribution in [0.15, 0.2) is 28.8 Å². The lowest BCUT2D eigenvalue weighted by Crippen LogP contribution is -2.33. The molecule has 8 nitrogen and oxygen atoms in total. The Balaban J connectivity index is 1.87. The summed E-state index contributed by atoms with van der Waals surface area (Å²) in [7, 11) is 0. The van der Waals surface area contributed by atoms with Crippen molar-refractivity contribution in [1.82, 2.24) is 10.1 Å². The van der Waals surface area contributed by atoms with Crippen molar-refractivity contribution in [3.8, 4) is 11.3 Å². The van der Waals surface area contributed by atoms with Crippen LogP contribution in [0, 0.1) is 5.92 Å². The van der Waals surface area contributed by atoms with E-state index in [1.807, 2.05) is 13.8 Å². The van der Waals surface area contributed by atoms with E-state index in [0.29, 0.717) is 17.1 Å². The number of carbonyl (C=O) groups excluding carboxylic acids is 3. The van der Waals surface area contributed by atoms with Gasteiger partial charge in [0.25, 0.3) is 0 Å². The van der Waals surface area contributed by atoms with E-state index in [2.05, 4.69) is 10.5 Å². The molecule has 2 amide bonds. The average Bonchev–Trinajstić information content (AvgIpc) is 3.26. The number of rotatable bonds is 6. The lowest BCUT2D eigenvalue weighted by Gasteiger charge is -2.20. The Labute approximate surface area is 173 Å². The quantitative estimate of drug-likeness (QED) is 0.720. The number of halogens is 1. The maximum absolute atomic E-state index is 12.7. The second-order valence-corrected chi connectivity index (χ2v) is 7.43. The predicted octanol–water partition coefficient (Wildman–Crippen LogP) is 3.37. The summed E-state index contributed by atoms with van der Waals surface area (Å²) in [4.78, 5) is 39.0. The predicted molar refractivity (Wildman–Crippen MR) is 106 cm³/mol. The third-order valence-electron chi connectivity index (χ3n) is 4.68. The standard InChI is InChI=1S/C20H22ClN3O5/c1-4-28-20(27)16-17(12-5-7-14(21)8-6-12)23-29-19(16)22-18(26)13-9-15(25)24(10-13)11(2)3/h5-8,11,13H,4,9-10H2,1-3H3,(H,22,26). The molecule has 3 rings (SSSR count). The first-order chi connectivity index (χ1) is 13.8. The minimum absolute atomic E-state index is 0.0113. The maximum Gasteiger partial charge on any atom is 0.346 e. The van der Waals surface area contributed by atoms with Crippen LogP contribution in [0.1, 0.15) is 37.6 Å². The Morgan fingerprint density at radius 1 is 1.34 bits per heavy atom. The molecule has 29 heavy (non-hydrogen) atoms. The molecule has 1 atom stereocenters. The Morgan fingerprint density at radius 3 is 2.62 bits per heavy atom. The molecular formula is C20H22ClN3O5. The Kier molecular flexibility index (Phi) is 6.22. The lowest BCUT2D eigenvalue weighted by atomic mass is 10.1. The van der Waals surface area contributed by atoms with Gasteiger partial charge in [-0.1, -0.05) is 28.9 Å². The van der Waals surface area contributed by atoms with Gasteiger partial charge in [0.05, 0.1) is 12.5 Å². The van der Waals surface area contributed by atoms with E-state index in [1.54, 1.807) is 36.1 Å². The highest BCUT2D eigenvalue weighted by Crippen LogP contribution is 2.31. The molecule has 1 unspecified atom stereocenters. The highest BCUT2D eigenvalue weighted by molar-refractivity contribution is 6.30. The smallest absolute Gasteiger partial charge is 0.346 e.